The highest BCUT2D eigenvalue weighted by Crippen LogP contribution is 2.09. The molecule has 2 heterocycles. The molecule has 1 aromatic rings. The largest absolute Gasteiger partial charge is 0.336 e. The Morgan fingerprint density at radius 2 is 2.62 bits per heavy atom. The molecule has 6 heteroatoms. The second-order valence-corrected chi connectivity index (χ2v) is 4.54. The zero-order valence-corrected chi connectivity index (χ0v) is 10.2. The maximum Gasteiger partial charge on any atom is 0.275 e. The van der Waals surface area contributed by atoms with Crippen molar-refractivity contribution in [2.24, 2.45) is 0 Å². The van der Waals surface area contributed by atoms with Crippen LogP contribution in [0.15, 0.2) is 5.38 Å². The molecule has 1 aliphatic heterocycles. The fraction of sp³-hybridized carbons (Fsp3) is 0.700. The molecule has 0 bridgehead atoms. The van der Waals surface area contributed by atoms with E-state index >= 15 is 0 Å². The third-order valence-corrected chi connectivity index (χ3v) is 3.36. The minimum Gasteiger partial charge on any atom is -0.336 e. The summed E-state index contributed by atoms with van der Waals surface area (Å²) in [6, 6.07) is 0.440. The van der Waals surface area contributed by atoms with Crippen LogP contribution < -0.4 is 5.32 Å². The Morgan fingerprint density at radius 3 is 3.19 bits per heavy atom. The van der Waals surface area contributed by atoms with Crippen LogP contribution in [0.2, 0.25) is 0 Å². The van der Waals surface area contributed by atoms with Gasteiger partial charge in [-0.25, -0.2) is 0 Å². The molecule has 16 heavy (non-hydrogen) atoms. The number of hydrogen-bond donors (Lipinski definition) is 1. The molecular formula is C10H16N4OS. The summed E-state index contributed by atoms with van der Waals surface area (Å²) in [4.78, 5) is 13.9. The van der Waals surface area contributed by atoms with E-state index in [9.17, 15) is 4.79 Å². The number of carbonyl (C=O) groups excluding carboxylic acids is 1. The molecule has 1 unspecified atom stereocenters. The van der Waals surface area contributed by atoms with Crippen molar-refractivity contribution in [3.05, 3.63) is 11.1 Å². The predicted molar refractivity (Wildman–Crippen MR) is 62.5 cm³/mol. The van der Waals surface area contributed by atoms with Gasteiger partial charge in [-0.05, 0) is 37.8 Å². The van der Waals surface area contributed by atoms with Crippen molar-refractivity contribution in [1.82, 2.24) is 19.8 Å². The number of nitrogens with zero attached hydrogens (tertiary/aromatic N) is 3. The highest BCUT2D eigenvalue weighted by molar-refractivity contribution is 7.03. The molecule has 88 valence electrons. The van der Waals surface area contributed by atoms with Crippen LogP contribution in [0.25, 0.3) is 0 Å². The van der Waals surface area contributed by atoms with Crippen molar-refractivity contribution in [2.75, 3.05) is 19.6 Å². The smallest absolute Gasteiger partial charge is 0.275 e. The number of rotatable bonds is 4. The number of nitrogens with one attached hydrogen (secondary N) is 1. The third-order valence-electron chi connectivity index (χ3n) is 2.85. The quantitative estimate of drug-likeness (QED) is 0.844. The molecule has 1 amide bonds. The van der Waals surface area contributed by atoms with E-state index in [4.69, 9.17) is 0 Å². The lowest BCUT2D eigenvalue weighted by Gasteiger charge is -2.23. The average Bonchev–Trinajstić information content (AvgIpc) is 2.97. The van der Waals surface area contributed by atoms with Crippen LogP contribution in [0.3, 0.4) is 0 Å². The molecule has 1 aliphatic rings. The van der Waals surface area contributed by atoms with Crippen molar-refractivity contribution in [2.45, 2.75) is 25.8 Å². The van der Waals surface area contributed by atoms with Crippen LogP contribution in [-0.2, 0) is 0 Å². The van der Waals surface area contributed by atoms with E-state index in [0.29, 0.717) is 18.3 Å². The van der Waals surface area contributed by atoms with E-state index in [2.05, 4.69) is 14.9 Å². The van der Waals surface area contributed by atoms with Crippen molar-refractivity contribution < 1.29 is 4.79 Å². The van der Waals surface area contributed by atoms with Crippen LogP contribution in [-0.4, -0.2) is 46.1 Å². The summed E-state index contributed by atoms with van der Waals surface area (Å²) in [5.41, 5.74) is 0.463. The molecule has 2 rings (SSSR count). The average molecular weight is 240 g/mol. The van der Waals surface area contributed by atoms with Gasteiger partial charge < -0.3 is 10.2 Å². The second kappa shape index (κ2) is 5.36. The topological polar surface area (TPSA) is 58.1 Å². The normalized spacial score (nSPS) is 19.9. The van der Waals surface area contributed by atoms with Crippen molar-refractivity contribution in [3.63, 3.8) is 0 Å². The van der Waals surface area contributed by atoms with E-state index in [1.807, 2.05) is 11.8 Å². The Bertz CT molecular complexity index is 335. The molecule has 1 atom stereocenters. The monoisotopic (exact) mass is 240 g/mol. The fourth-order valence-corrected chi connectivity index (χ4v) is 2.38. The Morgan fingerprint density at radius 1 is 1.75 bits per heavy atom. The lowest BCUT2D eigenvalue weighted by molar-refractivity contribution is 0.0745. The molecule has 1 saturated heterocycles. The highest BCUT2D eigenvalue weighted by atomic mass is 32.1. The number of amides is 1. The summed E-state index contributed by atoms with van der Waals surface area (Å²) in [5.74, 6) is -0.00931. The lowest BCUT2D eigenvalue weighted by Crippen LogP contribution is -2.41. The molecule has 0 radical (unpaired) electrons. The van der Waals surface area contributed by atoms with Gasteiger partial charge in [0, 0.05) is 24.5 Å². The van der Waals surface area contributed by atoms with E-state index < -0.39 is 0 Å². The first-order chi connectivity index (χ1) is 7.81. The van der Waals surface area contributed by atoms with Gasteiger partial charge in [-0.3, -0.25) is 4.79 Å². The lowest BCUT2D eigenvalue weighted by atomic mass is 10.2. The predicted octanol–water partition coefficient (Wildman–Crippen LogP) is 0.752. The molecular weight excluding hydrogens is 224 g/mol. The van der Waals surface area contributed by atoms with Gasteiger partial charge in [-0.1, -0.05) is 4.49 Å². The van der Waals surface area contributed by atoms with E-state index in [0.717, 1.165) is 19.5 Å². The van der Waals surface area contributed by atoms with Crippen molar-refractivity contribution >= 4 is 17.4 Å². The SMILES string of the molecule is CCN(CC1CCCN1)C(=O)c1csnn1. The molecule has 0 spiro atoms. The summed E-state index contributed by atoms with van der Waals surface area (Å²) < 4.78 is 3.72. The minimum atomic E-state index is -0.00931. The first kappa shape index (κ1) is 11.5. The first-order valence-electron chi connectivity index (χ1n) is 5.61. The van der Waals surface area contributed by atoms with Crippen molar-refractivity contribution in [3.8, 4) is 0 Å². The van der Waals surface area contributed by atoms with Gasteiger partial charge in [0.25, 0.3) is 5.91 Å². The Labute approximate surface area is 99.0 Å². The van der Waals surface area contributed by atoms with Gasteiger partial charge in [-0.2, -0.15) is 0 Å². The van der Waals surface area contributed by atoms with Gasteiger partial charge in [0.15, 0.2) is 5.69 Å². The molecule has 0 aromatic carbocycles. The molecule has 0 aliphatic carbocycles. The van der Waals surface area contributed by atoms with Gasteiger partial charge in [0.2, 0.25) is 0 Å². The first-order valence-corrected chi connectivity index (χ1v) is 6.44. The number of carbonyl (C=O) groups is 1. The van der Waals surface area contributed by atoms with E-state index in [1.165, 1.54) is 18.0 Å². The minimum absolute atomic E-state index is 0.00931. The van der Waals surface area contributed by atoms with Crippen LogP contribution in [0.4, 0.5) is 0 Å². The Hall–Kier alpha value is -1.01. The second-order valence-electron chi connectivity index (χ2n) is 3.93. The van der Waals surface area contributed by atoms with E-state index in [-0.39, 0.29) is 5.91 Å². The van der Waals surface area contributed by atoms with Gasteiger partial charge in [0.05, 0.1) is 0 Å². The molecule has 5 nitrogen and oxygen atoms in total. The Balaban J connectivity index is 1.96. The maximum atomic E-state index is 12.0. The summed E-state index contributed by atoms with van der Waals surface area (Å²) in [7, 11) is 0. The summed E-state index contributed by atoms with van der Waals surface area (Å²) in [6.45, 7) is 4.54. The highest BCUT2D eigenvalue weighted by Gasteiger charge is 2.22. The Kier molecular flexibility index (Phi) is 3.84. The number of hydrogen-bond acceptors (Lipinski definition) is 5. The standard InChI is InChI=1S/C10H16N4OS/c1-2-14(6-8-4-3-5-11-8)10(15)9-7-16-13-12-9/h7-8,11H,2-6H2,1H3. The van der Waals surface area contributed by atoms with Gasteiger partial charge in [0.1, 0.15) is 0 Å². The maximum absolute atomic E-state index is 12.0. The number of likely N-dealkylation sites (N-methyl/N-ethyl adjacent to an activating group) is 1. The third kappa shape index (κ3) is 2.56. The molecule has 1 N–H and O–H groups in total. The van der Waals surface area contributed by atoms with Crippen molar-refractivity contribution in [1.29, 1.82) is 0 Å². The molecule has 1 fully saturated rings. The molecule has 0 saturated carbocycles. The van der Waals surface area contributed by atoms with Gasteiger partial charge >= 0.3 is 0 Å². The number of aromatic nitrogens is 2. The zero-order valence-electron chi connectivity index (χ0n) is 9.35. The zero-order chi connectivity index (χ0) is 11.4. The van der Waals surface area contributed by atoms with Crippen LogP contribution in [0.5, 0.6) is 0 Å². The summed E-state index contributed by atoms with van der Waals surface area (Å²) >= 11 is 1.21. The molecule has 1 aromatic heterocycles. The summed E-state index contributed by atoms with van der Waals surface area (Å²) in [5, 5.41) is 8.91. The van der Waals surface area contributed by atoms with Gasteiger partial charge in [-0.15, -0.1) is 5.10 Å². The van der Waals surface area contributed by atoms with E-state index in [1.54, 1.807) is 5.38 Å². The fourth-order valence-electron chi connectivity index (χ4n) is 1.95. The summed E-state index contributed by atoms with van der Waals surface area (Å²) in [6.07, 6.45) is 2.35. The van der Waals surface area contributed by atoms with Crippen LogP contribution in [0.1, 0.15) is 30.3 Å². The van der Waals surface area contributed by atoms with Crippen LogP contribution >= 0.6 is 11.5 Å². The van der Waals surface area contributed by atoms with Crippen LogP contribution in [0, 0.1) is 0 Å².